The summed E-state index contributed by atoms with van der Waals surface area (Å²) in [5.74, 6) is 1.58. The van der Waals surface area contributed by atoms with E-state index < -0.39 is 6.29 Å². The van der Waals surface area contributed by atoms with Gasteiger partial charge in [0.25, 0.3) is 0 Å². The highest BCUT2D eigenvalue weighted by Gasteiger charge is 2.51. The van der Waals surface area contributed by atoms with Gasteiger partial charge in [0.05, 0.1) is 18.8 Å². The summed E-state index contributed by atoms with van der Waals surface area (Å²) in [6.45, 7) is 11.9. The molecule has 0 aromatic heterocycles. The zero-order valence-corrected chi connectivity index (χ0v) is 33.5. The highest BCUT2D eigenvalue weighted by molar-refractivity contribution is 5.89. The summed E-state index contributed by atoms with van der Waals surface area (Å²) in [4.78, 5) is 15.6. The van der Waals surface area contributed by atoms with Crippen LogP contribution in [-0.4, -0.2) is 41.3 Å². The Morgan fingerprint density at radius 1 is 0.789 bits per heavy atom. The van der Waals surface area contributed by atoms with E-state index in [1.54, 1.807) is 0 Å². The number of para-hydroxylation sites is 1. The number of rotatable bonds is 11. The number of ether oxygens (including phenoxy) is 3. The molecule has 2 unspecified atom stereocenters. The van der Waals surface area contributed by atoms with Crippen LogP contribution in [-0.2, 0) is 22.6 Å². The summed E-state index contributed by atoms with van der Waals surface area (Å²) >= 11 is 0. The number of anilines is 1. The van der Waals surface area contributed by atoms with Crippen LogP contribution in [0.5, 0.6) is 11.5 Å². The fraction of sp³-hybridized carbons (Fsp3) is 0.367. The van der Waals surface area contributed by atoms with E-state index in [-0.39, 0.29) is 30.8 Å². The Hall–Kier alpha value is -4.99. The third-order valence-electron chi connectivity index (χ3n) is 12.0. The lowest BCUT2D eigenvalue weighted by Crippen LogP contribution is -2.46. The number of nitrogens with one attached hydrogen (secondary N) is 2. The maximum Gasteiger partial charge on any atom is 0.319 e. The molecule has 2 bridgehead atoms. The molecule has 5 aromatic rings. The molecule has 0 spiro atoms. The average molecular weight is 766 g/mol. The fourth-order valence-electron chi connectivity index (χ4n) is 9.66. The van der Waals surface area contributed by atoms with Gasteiger partial charge in [-0.05, 0) is 106 Å². The Bertz CT molecular complexity index is 2140. The molecule has 2 heterocycles. The number of fused-ring (bicyclic) bond motifs is 2. The highest BCUT2D eigenvalue weighted by atomic mass is 16.7. The predicted molar refractivity (Wildman–Crippen MR) is 225 cm³/mol. The first-order chi connectivity index (χ1) is 27.5. The second-order valence-electron chi connectivity index (χ2n) is 17.5. The molecule has 5 aromatic carbocycles. The summed E-state index contributed by atoms with van der Waals surface area (Å²) < 4.78 is 19.7. The van der Waals surface area contributed by atoms with E-state index in [2.05, 4.69) is 91.8 Å². The van der Waals surface area contributed by atoms with Gasteiger partial charge >= 0.3 is 6.03 Å². The Balaban J connectivity index is 0.951. The maximum atomic E-state index is 12.9. The van der Waals surface area contributed by atoms with Gasteiger partial charge in [-0.25, -0.2) is 4.79 Å². The van der Waals surface area contributed by atoms with Crippen molar-refractivity contribution in [2.45, 2.75) is 84.6 Å². The zero-order valence-electron chi connectivity index (χ0n) is 33.5. The molecule has 57 heavy (non-hydrogen) atoms. The number of hydrogen-bond donors (Lipinski definition) is 3. The molecular formula is C49H55N3O5. The van der Waals surface area contributed by atoms with Gasteiger partial charge in [0, 0.05) is 42.8 Å². The quantitative estimate of drug-likeness (QED) is 0.124. The largest absolute Gasteiger partial charge is 0.457 e. The summed E-state index contributed by atoms with van der Waals surface area (Å²) in [5.41, 5.74) is 7.39. The zero-order chi connectivity index (χ0) is 39.6. The normalized spacial score (nSPS) is 25.5. The number of benzene rings is 5. The van der Waals surface area contributed by atoms with E-state index in [0.29, 0.717) is 34.9 Å². The minimum Gasteiger partial charge on any atom is -0.457 e. The SMILES string of the molecule is C[C@H]1[C@@H](CN2CC3(C)CC2CC(C)(C)C3)O[C@@H](c2cccc(-c3cccc(CNC(=O)Nc4ccc(Oc5ccccc5)cc4)c3)c2)O[C@H]1c1ccc(CO)cc1. The van der Waals surface area contributed by atoms with Crippen LogP contribution in [0.15, 0.2) is 127 Å². The summed E-state index contributed by atoms with van der Waals surface area (Å²) in [6, 6.07) is 42.0. The second kappa shape index (κ2) is 16.5. The van der Waals surface area contributed by atoms with Crippen molar-refractivity contribution < 1.29 is 24.1 Å². The number of carbonyl (C=O) groups excluding carboxylic acids is 1. The lowest BCUT2D eigenvalue weighted by molar-refractivity contribution is -0.276. The topological polar surface area (TPSA) is 92.3 Å². The van der Waals surface area contributed by atoms with E-state index in [4.69, 9.17) is 14.2 Å². The van der Waals surface area contributed by atoms with Crippen molar-refractivity contribution in [2.24, 2.45) is 16.7 Å². The van der Waals surface area contributed by atoms with Crippen molar-refractivity contribution in [1.29, 1.82) is 0 Å². The van der Waals surface area contributed by atoms with Crippen molar-refractivity contribution in [1.82, 2.24) is 10.2 Å². The van der Waals surface area contributed by atoms with Crippen LogP contribution in [0.3, 0.4) is 0 Å². The van der Waals surface area contributed by atoms with Crippen LogP contribution in [0.4, 0.5) is 10.5 Å². The van der Waals surface area contributed by atoms with E-state index in [1.807, 2.05) is 78.9 Å². The van der Waals surface area contributed by atoms with Crippen LogP contribution in [0.2, 0.25) is 0 Å². The smallest absolute Gasteiger partial charge is 0.319 e. The molecule has 2 saturated heterocycles. The number of amides is 2. The molecule has 1 saturated carbocycles. The first-order valence-electron chi connectivity index (χ1n) is 20.3. The molecule has 8 rings (SSSR count). The van der Waals surface area contributed by atoms with Gasteiger partial charge in [0.2, 0.25) is 0 Å². The van der Waals surface area contributed by atoms with Crippen molar-refractivity contribution in [3.8, 4) is 22.6 Å². The standard InChI is InChI=1S/C49H55N3O5/c1-33-44(29-52-32-49(4)27-41(52)26-48(2,3)31-49)56-46(57-45(33)36-18-16-34(30-53)17-19-36)39-13-9-12-38(25-39)37-11-8-10-35(24-37)28-50-47(54)51-40-20-22-43(23-21-40)55-42-14-6-5-7-15-42/h5-25,33,41,44-46,53H,26-32H2,1-4H3,(H2,50,51,54)/t33-,41?,44+,45+,46+,49?/m0/s1. The fourth-order valence-corrected chi connectivity index (χ4v) is 9.66. The van der Waals surface area contributed by atoms with Gasteiger partial charge in [0.1, 0.15) is 11.5 Å². The molecule has 3 aliphatic rings. The second-order valence-corrected chi connectivity index (χ2v) is 17.5. The highest BCUT2D eigenvalue weighted by Crippen LogP contribution is 2.53. The first-order valence-corrected chi connectivity index (χ1v) is 20.3. The summed E-state index contributed by atoms with van der Waals surface area (Å²) in [5, 5.41) is 15.6. The molecule has 0 radical (unpaired) electrons. The van der Waals surface area contributed by atoms with Gasteiger partial charge in [-0.2, -0.15) is 0 Å². The predicted octanol–water partition coefficient (Wildman–Crippen LogP) is 10.7. The van der Waals surface area contributed by atoms with Crippen molar-refractivity contribution in [2.75, 3.05) is 18.4 Å². The number of urea groups is 1. The number of aliphatic hydroxyl groups is 1. The molecule has 8 nitrogen and oxygen atoms in total. The van der Waals surface area contributed by atoms with Crippen LogP contribution in [0, 0.1) is 16.7 Å². The first kappa shape index (κ1) is 38.9. The number of likely N-dealkylation sites (tertiary alicyclic amines) is 1. The molecule has 6 atom stereocenters. The van der Waals surface area contributed by atoms with E-state index in [9.17, 15) is 9.90 Å². The minimum absolute atomic E-state index is 0.0128. The van der Waals surface area contributed by atoms with E-state index in [0.717, 1.165) is 52.2 Å². The van der Waals surface area contributed by atoms with Gasteiger partial charge in [-0.1, -0.05) is 107 Å². The Morgan fingerprint density at radius 2 is 1.51 bits per heavy atom. The molecule has 1 aliphatic carbocycles. The monoisotopic (exact) mass is 765 g/mol. The number of aliphatic hydroxyl groups excluding tert-OH is 1. The summed E-state index contributed by atoms with van der Waals surface area (Å²) in [6.07, 6.45) is 3.00. The van der Waals surface area contributed by atoms with E-state index in [1.165, 1.54) is 19.3 Å². The lowest BCUT2D eigenvalue weighted by atomic mass is 9.65. The molecule has 2 aliphatic heterocycles. The molecule has 8 heteroatoms. The molecule has 2 amide bonds. The van der Waals surface area contributed by atoms with Crippen molar-refractivity contribution in [3.05, 3.63) is 150 Å². The molecule has 3 N–H and O–H groups in total. The Labute approximate surface area is 337 Å². The lowest BCUT2D eigenvalue weighted by Gasteiger charge is -2.43. The van der Waals surface area contributed by atoms with Gasteiger partial charge in [-0.3, -0.25) is 4.90 Å². The van der Waals surface area contributed by atoms with Gasteiger partial charge < -0.3 is 30.0 Å². The third-order valence-corrected chi connectivity index (χ3v) is 12.0. The van der Waals surface area contributed by atoms with Crippen LogP contribution in [0.1, 0.15) is 81.6 Å². The molecule has 3 fully saturated rings. The van der Waals surface area contributed by atoms with Crippen molar-refractivity contribution in [3.63, 3.8) is 0 Å². The van der Waals surface area contributed by atoms with Gasteiger partial charge in [-0.15, -0.1) is 0 Å². The number of carbonyl (C=O) groups is 1. The third kappa shape index (κ3) is 9.26. The summed E-state index contributed by atoms with van der Waals surface area (Å²) in [7, 11) is 0. The number of nitrogens with zero attached hydrogens (tertiary/aromatic N) is 1. The Kier molecular flexibility index (Phi) is 11.2. The van der Waals surface area contributed by atoms with Crippen LogP contribution >= 0.6 is 0 Å². The van der Waals surface area contributed by atoms with Gasteiger partial charge in [0.15, 0.2) is 6.29 Å². The number of hydrogen-bond acceptors (Lipinski definition) is 6. The Morgan fingerprint density at radius 3 is 2.26 bits per heavy atom. The average Bonchev–Trinajstić information content (AvgIpc) is 3.45. The minimum atomic E-state index is -0.546. The van der Waals surface area contributed by atoms with Crippen LogP contribution in [0.25, 0.3) is 11.1 Å². The van der Waals surface area contributed by atoms with E-state index >= 15 is 0 Å². The van der Waals surface area contributed by atoms with Crippen molar-refractivity contribution >= 4 is 11.7 Å². The molecule has 296 valence electrons. The molecular weight excluding hydrogens is 711 g/mol. The van der Waals surface area contributed by atoms with Crippen LogP contribution < -0.4 is 15.4 Å². The maximum absolute atomic E-state index is 12.9.